The van der Waals surface area contributed by atoms with Gasteiger partial charge < -0.3 is 5.32 Å². The molecule has 0 aliphatic rings. The number of aryl methyl sites for hydroxylation is 1. The van der Waals surface area contributed by atoms with Crippen molar-refractivity contribution in [3.8, 4) is 0 Å². The zero-order valence-electron chi connectivity index (χ0n) is 11.4. The maximum Gasteiger partial charge on any atom is 0.0207 e. The summed E-state index contributed by atoms with van der Waals surface area (Å²) in [4.78, 5) is 0. The maximum absolute atomic E-state index is 3.60. The Labute approximate surface area is 114 Å². The lowest BCUT2D eigenvalue weighted by atomic mass is 9.83. The third-order valence-electron chi connectivity index (χ3n) is 3.29. The highest BCUT2D eigenvalue weighted by molar-refractivity contribution is 9.10. The Morgan fingerprint density at radius 2 is 1.88 bits per heavy atom. The summed E-state index contributed by atoms with van der Waals surface area (Å²) < 4.78 is 1.23. The van der Waals surface area contributed by atoms with Crippen LogP contribution in [0.4, 0.5) is 0 Å². The van der Waals surface area contributed by atoms with Crippen LogP contribution in [0.3, 0.4) is 0 Å². The highest BCUT2D eigenvalue weighted by Crippen LogP contribution is 2.24. The van der Waals surface area contributed by atoms with Crippen molar-refractivity contribution in [3.63, 3.8) is 0 Å². The molecule has 17 heavy (non-hydrogen) atoms. The van der Waals surface area contributed by atoms with Gasteiger partial charge in [-0.2, -0.15) is 0 Å². The molecule has 96 valence electrons. The van der Waals surface area contributed by atoms with E-state index in [4.69, 9.17) is 0 Å². The molecule has 1 aromatic carbocycles. The molecular formula is C15H24BrN. The molecule has 0 saturated carbocycles. The molecule has 1 nitrogen and oxygen atoms in total. The number of hydrogen-bond acceptors (Lipinski definition) is 1. The zero-order valence-corrected chi connectivity index (χ0v) is 13.0. The van der Waals surface area contributed by atoms with Crippen LogP contribution < -0.4 is 5.32 Å². The monoisotopic (exact) mass is 297 g/mol. The number of hydrogen-bond donors (Lipinski definition) is 1. The van der Waals surface area contributed by atoms with Crippen LogP contribution in [0.5, 0.6) is 0 Å². The summed E-state index contributed by atoms with van der Waals surface area (Å²) in [5.74, 6) is 0. The first-order chi connectivity index (χ1) is 7.95. The van der Waals surface area contributed by atoms with Gasteiger partial charge >= 0.3 is 0 Å². The molecule has 0 aliphatic heterocycles. The summed E-state index contributed by atoms with van der Waals surface area (Å²) in [6.07, 6.45) is 3.60. The van der Waals surface area contributed by atoms with Crippen molar-refractivity contribution >= 4 is 15.9 Å². The molecule has 0 bridgehead atoms. The lowest BCUT2D eigenvalue weighted by Gasteiger charge is -2.30. The van der Waals surface area contributed by atoms with E-state index in [9.17, 15) is 0 Å². The average molecular weight is 298 g/mol. The molecule has 1 rings (SSSR count). The zero-order chi connectivity index (χ0) is 12.9. The van der Waals surface area contributed by atoms with E-state index in [2.05, 4.69) is 73.3 Å². The van der Waals surface area contributed by atoms with E-state index < -0.39 is 0 Å². The summed E-state index contributed by atoms with van der Waals surface area (Å²) >= 11 is 3.60. The van der Waals surface area contributed by atoms with Crippen LogP contribution >= 0.6 is 15.9 Å². The Balaban J connectivity index is 2.45. The Morgan fingerprint density at radius 1 is 1.24 bits per heavy atom. The second-order valence-corrected chi connectivity index (χ2v) is 6.55. The van der Waals surface area contributed by atoms with Gasteiger partial charge in [0.2, 0.25) is 0 Å². The summed E-state index contributed by atoms with van der Waals surface area (Å²) in [5.41, 5.74) is 1.75. The molecule has 0 aliphatic carbocycles. The van der Waals surface area contributed by atoms with Gasteiger partial charge in [-0.1, -0.05) is 54.9 Å². The normalized spacial score (nSPS) is 13.7. The minimum atomic E-state index is 0.336. The minimum absolute atomic E-state index is 0.336. The molecule has 0 aromatic heterocycles. The highest BCUT2D eigenvalue weighted by atomic mass is 79.9. The van der Waals surface area contributed by atoms with E-state index in [1.807, 2.05) is 0 Å². The van der Waals surface area contributed by atoms with Gasteiger partial charge in [0.1, 0.15) is 0 Å². The molecule has 0 spiro atoms. The second-order valence-electron chi connectivity index (χ2n) is 5.69. The van der Waals surface area contributed by atoms with Gasteiger partial charge in [0.05, 0.1) is 0 Å². The fourth-order valence-corrected chi connectivity index (χ4v) is 2.69. The lowest BCUT2D eigenvalue weighted by Crippen LogP contribution is -2.37. The predicted molar refractivity (Wildman–Crippen MR) is 79.4 cm³/mol. The summed E-state index contributed by atoms with van der Waals surface area (Å²) in [5, 5.41) is 3.43. The van der Waals surface area contributed by atoms with E-state index in [-0.39, 0.29) is 0 Å². The van der Waals surface area contributed by atoms with Gasteiger partial charge in [-0.15, -0.1) is 0 Å². The van der Waals surface area contributed by atoms with E-state index in [1.54, 1.807) is 0 Å². The Kier molecular flexibility index (Phi) is 5.68. The first kappa shape index (κ1) is 14.7. The Morgan fingerprint density at radius 3 is 2.41 bits per heavy atom. The smallest absolute Gasteiger partial charge is 0.0207 e. The largest absolute Gasteiger partial charge is 0.316 e. The van der Waals surface area contributed by atoms with Gasteiger partial charge in [-0.25, -0.2) is 0 Å². The van der Waals surface area contributed by atoms with Crippen LogP contribution in [0.2, 0.25) is 0 Å². The molecule has 2 heteroatoms. The first-order valence-electron chi connectivity index (χ1n) is 6.36. The molecule has 1 aromatic rings. The summed E-state index contributed by atoms with van der Waals surface area (Å²) in [7, 11) is 2.06. The van der Waals surface area contributed by atoms with E-state index in [0.717, 1.165) is 6.42 Å². The van der Waals surface area contributed by atoms with Crippen LogP contribution in [0.1, 0.15) is 39.2 Å². The van der Waals surface area contributed by atoms with Gasteiger partial charge in [-0.05, 0) is 43.4 Å². The van der Waals surface area contributed by atoms with E-state index in [1.165, 1.54) is 22.9 Å². The first-order valence-corrected chi connectivity index (χ1v) is 7.15. The van der Waals surface area contributed by atoms with E-state index in [0.29, 0.717) is 11.5 Å². The summed E-state index contributed by atoms with van der Waals surface area (Å²) in [6.45, 7) is 6.89. The van der Waals surface area contributed by atoms with Gasteiger partial charge in [0.15, 0.2) is 0 Å². The van der Waals surface area contributed by atoms with E-state index >= 15 is 0 Å². The van der Waals surface area contributed by atoms with Crippen LogP contribution in [0.25, 0.3) is 0 Å². The van der Waals surface area contributed by atoms with Crippen molar-refractivity contribution in [1.29, 1.82) is 0 Å². The molecule has 0 amide bonds. The minimum Gasteiger partial charge on any atom is -0.316 e. The van der Waals surface area contributed by atoms with Crippen molar-refractivity contribution < 1.29 is 0 Å². The average Bonchev–Trinajstić information content (AvgIpc) is 2.25. The van der Waals surface area contributed by atoms with Crippen molar-refractivity contribution in [2.75, 3.05) is 7.05 Å². The maximum atomic E-state index is 3.60. The number of rotatable bonds is 5. The van der Waals surface area contributed by atoms with Crippen molar-refractivity contribution in [2.24, 2.45) is 5.41 Å². The van der Waals surface area contributed by atoms with Crippen LogP contribution in [-0.2, 0) is 6.42 Å². The van der Waals surface area contributed by atoms with Gasteiger partial charge in [-0.3, -0.25) is 0 Å². The fraction of sp³-hybridized carbons (Fsp3) is 0.600. The number of halogens is 1. The lowest BCUT2D eigenvalue weighted by molar-refractivity contribution is 0.263. The number of benzene rings is 1. The highest BCUT2D eigenvalue weighted by Gasteiger charge is 2.22. The molecule has 1 atom stereocenters. The number of nitrogens with one attached hydrogen (secondary N) is 1. The molecule has 0 fully saturated rings. The van der Waals surface area contributed by atoms with Crippen molar-refractivity contribution in [3.05, 3.63) is 34.3 Å². The quantitative estimate of drug-likeness (QED) is 0.849. The Bertz CT molecular complexity index is 341. The standard InChI is InChI=1S/C15H24BrN/c1-15(2,3)14(17-4)11-7-9-12-8-5-6-10-13(12)16/h5-6,8,10,14,17H,7,9,11H2,1-4H3. The fourth-order valence-electron chi connectivity index (χ4n) is 2.21. The molecule has 1 N–H and O–H groups in total. The van der Waals surface area contributed by atoms with Gasteiger partial charge in [0, 0.05) is 10.5 Å². The van der Waals surface area contributed by atoms with Crippen LogP contribution in [0, 0.1) is 5.41 Å². The Hall–Kier alpha value is -0.340. The predicted octanol–water partition coefficient (Wildman–Crippen LogP) is 4.41. The third kappa shape index (κ3) is 4.81. The third-order valence-corrected chi connectivity index (χ3v) is 4.06. The molecule has 1 unspecified atom stereocenters. The molecule has 0 saturated heterocycles. The molecular weight excluding hydrogens is 274 g/mol. The van der Waals surface area contributed by atoms with Crippen molar-refractivity contribution in [1.82, 2.24) is 5.32 Å². The topological polar surface area (TPSA) is 12.0 Å². The molecule has 0 heterocycles. The van der Waals surface area contributed by atoms with Crippen LogP contribution in [-0.4, -0.2) is 13.1 Å². The SMILES string of the molecule is CNC(CCCc1ccccc1Br)C(C)(C)C. The second kappa shape index (κ2) is 6.55. The van der Waals surface area contributed by atoms with Crippen molar-refractivity contribution in [2.45, 2.75) is 46.1 Å². The molecule has 0 radical (unpaired) electrons. The van der Waals surface area contributed by atoms with Crippen LogP contribution in [0.15, 0.2) is 28.7 Å². The summed E-state index contributed by atoms with van der Waals surface area (Å²) in [6, 6.07) is 9.09. The van der Waals surface area contributed by atoms with Gasteiger partial charge in [0.25, 0.3) is 0 Å².